The largest absolute Gasteiger partial charge is 0.368 e. The van der Waals surface area contributed by atoms with Crippen LogP contribution < -0.4 is 11.1 Å². The van der Waals surface area contributed by atoms with Crippen LogP contribution in [0.1, 0.15) is 29.6 Å². The average molecular weight is 298 g/mol. The van der Waals surface area contributed by atoms with E-state index in [1.807, 2.05) is 48.2 Å². The van der Waals surface area contributed by atoms with E-state index in [0.29, 0.717) is 0 Å². The van der Waals surface area contributed by atoms with Crippen molar-refractivity contribution in [3.63, 3.8) is 0 Å². The number of primary amides is 1. The summed E-state index contributed by atoms with van der Waals surface area (Å²) in [4.78, 5) is 13.1. The lowest BCUT2D eigenvalue weighted by molar-refractivity contribution is -0.120. The van der Waals surface area contributed by atoms with Gasteiger partial charge in [-0.2, -0.15) is 0 Å². The summed E-state index contributed by atoms with van der Waals surface area (Å²) in [6, 6.07) is 17.7. The molecule has 0 bridgehead atoms. The summed E-state index contributed by atoms with van der Waals surface area (Å²) in [5.41, 5.74) is 7.78. The zero-order chi connectivity index (χ0) is 14.7. The van der Waals surface area contributed by atoms with Crippen molar-refractivity contribution < 1.29 is 4.79 Å². The van der Waals surface area contributed by atoms with Crippen molar-refractivity contribution in [1.29, 1.82) is 0 Å². The highest BCUT2D eigenvalue weighted by Crippen LogP contribution is 2.37. The first-order valence-electron chi connectivity index (χ1n) is 7.08. The molecule has 3 rings (SSSR count). The third-order valence-electron chi connectivity index (χ3n) is 3.74. The Balaban J connectivity index is 1.86. The monoisotopic (exact) mass is 298 g/mol. The zero-order valence-electron chi connectivity index (χ0n) is 11.7. The summed E-state index contributed by atoms with van der Waals surface area (Å²) >= 11 is 1.87. The fourth-order valence-corrected chi connectivity index (χ4v) is 3.83. The first-order valence-corrected chi connectivity index (χ1v) is 8.06. The van der Waals surface area contributed by atoms with E-state index >= 15 is 0 Å². The Bertz CT molecular complexity index is 630. The average Bonchev–Trinajstić information content (AvgIpc) is 2.53. The number of nitrogens with one attached hydrogen (secondary N) is 1. The summed E-state index contributed by atoms with van der Waals surface area (Å²) < 4.78 is 0. The van der Waals surface area contributed by atoms with Crippen LogP contribution in [0.25, 0.3) is 0 Å². The molecule has 1 heterocycles. The van der Waals surface area contributed by atoms with Crippen LogP contribution in [0, 0.1) is 0 Å². The summed E-state index contributed by atoms with van der Waals surface area (Å²) in [7, 11) is 0. The Kier molecular flexibility index (Phi) is 4.27. The molecule has 3 nitrogen and oxygen atoms in total. The summed E-state index contributed by atoms with van der Waals surface area (Å²) in [6.45, 7) is 0. The number of carbonyl (C=O) groups excluding carboxylic acids is 1. The summed E-state index contributed by atoms with van der Waals surface area (Å²) in [5, 5.41) is 3.44. The molecule has 1 aliphatic rings. The van der Waals surface area contributed by atoms with E-state index in [4.69, 9.17) is 5.73 Å². The number of benzene rings is 2. The van der Waals surface area contributed by atoms with Gasteiger partial charge in [-0.3, -0.25) is 10.1 Å². The van der Waals surface area contributed by atoms with Crippen molar-refractivity contribution in [2.75, 3.05) is 5.75 Å². The number of carbonyl (C=O) groups is 1. The van der Waals surface area contributed by atoms with Gasteiger partial charge in [0, 0.05) is 10.9 Å². The van der Waals surface area contributed by atoms with Crippen molar-refractivity contribution >= 4 is 17.7 Å². The molecular weight excluding hydrogens is 280 g/mol. The smallest absolute Gasteiger partial charge is 0.239 e. The lowest BCUT2D eigenvalue weighted by atomic mass is 9.99. The van der Waals surface area contributed by atoms with E-state index in [0.717, 1.165) is 17.7 Å². The highest BCUT2D eigenvalue weighted by molar-refractivity contribution is 7.99. The lowest BCUT2D eigenvalue weighted by Crippen LogP contribution is -2.37. The Labute approximate surface area is 128 Å². The van der Waals surface area contributed by atoms with E-state index in [2.05, 4.69) is 23.5 Å². The second-order valence-electron chi connectivity index (χ2n) is 5.14. The normalized spacial score (nSPS) is 18.8. The van der Waals surface area contributed by atoms with E-state index in [9.17, 15) is 4.79 Å². The van der Waals surface area contributed by atoms with Crippen LogP contribution in [0.2, 0.25) is 0 Å². The predicted octanol–water partition coefficient (Wildman–Crippen LogP) is 3.04. The first kappa shape index (κ1) is 14.2. The van der Waals surface area contributed by atoms with Gasteiger partial charge in [0.05, 0.1) is 0 Å². The van der Waals surface area contributed by atoms with Crippen molar-refractivity contribution in [3.8, 4) is 0 Å². The maximum atomic E-state index is 11.8. The Morgan fingerprint density at radius 1 is 1.14 bits per heavy atom. The van der Waals surface area contributed by atoms with Crippen LogP contribution in [0.3, 0.4) is 0 Å². The number of hydrogen-bond donors (Lipinski definition) is 2. The van der Waals surface area contributed by atoms with Crippen LogP contribution in [-0.4, -0.2) is 11.7 Å². The van der Waals surface area contributed by atoms with E-state index < -0.39 is 6.04 Å². The van der Waals surface area contributed by atoms with Gasteiger partial charge in [-0.15, -0.1) is 11.8 Å². The van der Waals surface area contributed by atoms with Crippen LogP contribution in [0.5, 0.6) is 0 Å². The van der Waals surface area contributed by atoms with Crippen molar-refractivity contribution in [2.24, 2.45) is 5.73 Å². The molecule has 0 saturated heterocycles. The molecule has 2 atom stereocenters. The molecule has 3 N–H and O–H groups in total. The minimum atomic E-state index is -0.452. The lowest BCUT2D eigenvalue weighted by Gasteiger charge is -2.29. The highest BCUT2D eigenvalue weighted by Gasteiger charge is 2.26. The van der Waals surface area contributed by atoms with Gasteiger partial charge in [0.25, 0.3) is 0 Å². The quantitative estimate of drug-likeness (QED) is 0.912. The molecule has 0 saturated carbocycles. The maximum absolute atomic E-state index is 11.8. The standard InChI is InChI=1S/C17H18N2OS/c18-17(20)16(12-6-2-1-3-7-12)19-14-10-11-21-15-9-5-4-8-13(14)15/h1-9,14,16,19H,10-11H2,(H2,18,20)/t14-,16-/m1/s1. The highest BCUT2D eigenvalue weighted by atomic mass is 32.2. The molecule has 2 aromatic carbocycles. The van der Waals surface area contributed by atoms with E-state index in [-0.39, 0.29) is 11.9 Å². The fraction of sp³-hybridized carbons (Fsp3) is 0.235. The second-order valence-corrected chi connectivity index (χ2v) is 6.28. The molecular formula is C17H18N2OS. The molecule has 0 unspecified atom stereocenters. The maximum Gasteiger partial charge on any atom is 0.239 e. The molecule has 0 fully saturated rings. The third-order valence-corrected chi connectivity index (χ3v) is 4.87. The number of hydrogen-bond acceptors (Lipinski definition) is 3. The fourth-order valence-electron chi connectivity index (χ4n) is 2.70. The zero-order valence-corrected chi connectivity index (χ0v) is 12.5. The Morgan fingerprint density at radius 3 is 2.62 bits per heavy atom. The number of thioether (sulfide) groups is 1. The van der Waals surface area contributed by atoms with Gasteiger partial charge in [0.15, 0.2) is 0 Å². The van der Waals surface area contributed by atoms with Gasteiger partial charge in [0.2, 0.25) is 5.91 Å². The van der Waals surface area contributed by atoms with Crippen LogP contribution in [0.15, 0.2) is 59.5 Å². The number of nitrogens with two attached hydrogens (primary N) is 1. The van der Waals surface area contributed by atoms with Crippen LogP contribution in [0.4, 0.5) is 0 Å². The molecule has 0 aromatic heterocycles. The number of fused-ring (bicyclic) bond motifs is 1. The van der Waals surface area contributed by atoms with E-state index in [1.54, 1.807) is 0 Å². The van der Waals surface area contributed by atoms with E-state index in [1.165, 1.54) is 10.5 Å². The number of rotatable bonds is 4. The minimum absolute atomic E-state index is 0.167. The second kappa shape index (κ2) is 6.33. The summed E-state index contributed by atoms with van der Waals surface area (Å²) in [5.74, 6) is 0.714. The van der Waals surface area contributed by atoms with Gasteiger partial charge in [0.1, 0.15) is 6.04 Å². The van der Waals surface area contributed by atoms with Gasteiger partial charge >= 0.3 is 0 Å². The molecule has 1 aliphatic heterocycles. The van der Waals surface area contributed by atoms with Gasteiger partial charge < -0.3 is 5.73 Å². The predicted molar refractivity (Wildman–Crippen MR) is 86.0 cm³/mol. The SMILES string of the molecule is NC(=O)[C@H](N[C@@H]1CCSc2ccccc21)c1ccccc1. The molecule has 1 amide bonds. The topological polar surface area (TPSA) is 55.1 Å². The van der Waals surface area contributed by atoms with Gasteiger partial charge in [-0.25, -0.2) is 0 Å². The first-order chi connectivity index (χ1) is 10.3. The molecule has 0 aliphatic carbocycles. The molecule has 4 heteroatoms. The Morgan fingerprint density at radius 2 is 1.86 bits per heavy atom. The van der Waals surface area contributed by atoms with Crippen LogP contribution in [-0.2, 0) is 4.79 Å². The summed E-state index contributed by atoms with van der Waals surface area (Å²) in [6.07, 6.45) is 0.998. The molecule has 2 aromatic rings. The third kappa shape index (κ3) is 3.12. The van der Waals surface area contributed by atoms with Gasteiger partial charge in [-0.05, 0) is 29.4 Å². The van der Waals surface area contributed by atoms with Crippen molar-refractivity contribution in [3.05, 3.63) is 65.7 Å². The molecule has 21 heavy (non-hydrogen) atoms. The van der Waals surface area contributed by atoms with Crippen molar-refractivity contribution in [1.82, 2.24) is 5.32 Å². The molecule has 0 spiro atoms. The van der Waals surface area contributed by atoms with Crippen molar-refractivity contribution in [2.45, 2.75) is 23.4 Å². The number of amides is 1. The molecule has 108 valence electrons. The Hall–Kier alpha value is -1.78. The minimum Gasteiger partial charge on any atom is -0.368 e. The van der Waals surface area contributed by atoms with Gasteiger partial charge in [-0.1, -0.05) is 48.5 Å². The molecule has 0 radical (unpaired) electrons. The van der Waals surface area contributed by atoms with Crippen LogP contribution >= 0.6 is 11.8 Å².